The van der Waals surface area contributed by atoms with Crippen molar-refractivity contribution in [1.29, 1.82) is 0 Å². The molecule has 0 fully saturated rings. The van der Waals surface area contributed by atoms with Crippen LogP contribution in [0.3, 0.4) is 0 Å². The Hall–Kier alpha value is -3.05. The van der Waals surface area contributed by atoms with Gasteiger partial charge in [-0.05, 0) is 43.7 Å². The number of benzene rings is 2. The Morgan fingerprint density at radius 1 is 1.04 bits per heavy atom. The van der Waals surface area contributed by atoms with Gasteiger partial charge in [0, 0.05) is 34.1 Å². The zero-order chi connectivity index (χ0) is 19.0. The molecule has 2 aromatic heterocycles. The van der Waals surface area contributed by atoms with Crippen LogP contribution in [0.15, 0.2) is 54.6 Å². The number of para-hydroxylation sites is 1. The van der Waals surface area contributed by atoms with Crippen molar-refractivity contribution in [3.8, 4) is 17.0 Å². The van der Waals surface area contributed by atoms with E-state index >= 15 is 0 Å². The van der Waals surface area contributed by atoms with Crippen molar-refractivity contribution in [2.24, 2.45) is 0 Å². The topological polar surface area (TPSA) is 51.5 Å². The number of methoxy groups -OCH3 is 1. The van der Waals surface area contributed by atoms with Gasteiger partial charge < -0.3 is 10.1 Å². The van der Waals surface area contributed by atoms with Gasteiger partial charge in [-0.3, -0.25) is 0 Å². The van der Waals surface area contributed by atoms with E-state index in [1.807, 2.05) is 68.4 Å². The van der Waals surface area contributed by atoms with Gasteiger partial charge in [-0.15, -0.1) is 0 Å². The van der Waals surface area contributed by atoms with E-state index in [0.717, 1.165) is 50.4 Å². The summed E-state index contributed by atoms with van der Waals surface area (Å²) in [5, 5.41) is 8.86. The number of nitrogens with zero attached hydrogens (tertiary/aromatic N) is 3. The Morgan fingerprint density at radius 2 is 1.85 bits per heavy atom. The van der Waals surface area contributed by atoms with Gasteiger partial charge in [-0.25, -0.2) is 4.98 Å². The number of ether oxygens (including phenoxy) is 1. The highest BCUT2D eigenvalue weighted by Crippen LogP contribution is 2.30. The molecule has 0 spiro atoms. The molecule has 4 aromatic rings. The summed E-state index contributed by atoms with van der Waals surface area (Å²) < 4.78 is 7.26. The van der Waals surface area contributed by atoms with Gasteiger partial charge in [-0.1, -0.05) is 29.8 Å². The monoisotopic (exact) mass is 378 g/mol. The molecule has 0 saturated carbocycles. The molecule has 2 heterocycles. The maximum absolute atomic E-state index is 6.26. The van der Waals surface area contributed by atoms with Gasteiger partial charge in [0.05, 0.1) is 12.8 Å². The summed E-state index contributed by atoms with van der Waals surface area (Å²) in [6, 6.07) is 17.6. The Morgan fingerprint density at radius 3 is 2.63 bits per heavy atom. The predicted molar refractivity (Wildman–Crippen MR) is 109 cm³/mol. The molecule has 1 N–H and O–H groups in total. The van der Waals surface area contributed by atoms with Gasteiger partial charge >= 0.3 is 0 Å². The lowest BCUT2D eigenvalue weighted by atomic mass is 10.1. The Bertz CT molecular complexity index is 1140. The first kappa shape index (κ1) is 17.4. The predicted octanol–water partition coefficient (Wildman–Crippen LogP) is 5.42. The molecule has 0 aliphatic heterocycles. The summed E-state index contributed by atoms with van der Waals surface area (Å²) in [4.78, 5) is 4.60. The van der Waals surface area contributed by atoms with Crippen LogP contribution in [0.5, 0.6) is 5.75 Å². The van der Waals surface area contributed by atoms with Crippen molar-refractivity contribution in [3.63, 3.8) is 0 Å². The summed E-state index contributed by atoms with van der Waals surface area (Å²) in [5.41, 5.74) is 5.32. The normalized spacial score (nSPS) is 11.0. The number of anilines is 2. The molecular weight excluding hydrogens is 360 g/mol. The highest BCUT2D eigenvalue weighted by atomic mass is 35.5. The summed E-state index contributed by atoms with van der Waals surface area (Å²) in [6.45, 7) is 3.94. The van der Waals surface area contributed by atoms with Gasteiger partial charge in [0.25, 0.3) is 0 Å². The van der Waals surface area contributed by atoms with Gasteiger partial charge in [0.1, 0.15) is 11.6 Å². The molecule has 0 radical (unpaired) electrons. The van der Waals surface area contributed by atoms with Crippen molar-refractivity contribution in [1.82, 2.24) is 14.6 Å². The van der Waals surface area contributed by atoms with E-state index < -0.39 is 0 Å². The van der Waals surface area contributed by atoms with Gasteiger partial charge in [-0.2, -0.15) is 9.61 Å². The number of aromatic nitrogens is 3. The third-order valence-corrected chi connectivity index (χ3v) is 4.79. The van der Waals surface area contributed by atoms with Crippen LogP contribution in [0, 0.1) is 13.8 Å². The number of nitrogens with one attached hydrogen (secondary N) is 1. The van der Waals surface area contributed by atoms with Crippen molar-refractivity contribution in [2.45, 2.75) is 13.8 Å². The van der Waals surface area contributed by atoms with Crippen molar-refractivity contribution >= 4 is 28.8 Å². The molecule has 0 aliphatic carbocycles. The molecule has 4 rings (SSSR count). The minimum absolute atomic E-state index is 0.720. The van der Waals surface area contributed by atoms with Crippen LogP contribution in [0.25, 0.3) is 16.9 Å². The fourth-order valence-electron chi connectivity index (χ4n) is 3.00. The minimum atomic E-state index is 0.720. The molecule has 2 aromatic carbocycles. The highest BCUT2D eigenvalue weighted by Gasteiger charge is 2.13. The Balaban J connectivity index is 1.81. The summed E-state index contributed by atoms with van der Waals surface area (Å²) in [5.74, 6) is 1.59. The standard InChI is InChI=1S/C21H19ClN4O/c1-13-8-9-15(11-17(13)22)24-20-10-14(2)23-21-12-18(25-26(20)21)16-6-4-5-7-19(16)27-3/h4-12,24H,1-3H3. The van der Waals surface area contributed by atoms with Crippen molar-refractivity contribution in [3.05, 3.63) is 70.9 Å². The Labute approximate surface area is 162 Å². The second-order valence-electron chi connectivity index (χ2n) is 6.37. The zero-order valence-corrected chi connectivity index (χ0v) is 16.1. The molecule has 0 saturated heterocycles. The molecule has 5 nitrogen and oxygen atoms in total. The number of aryl methyl sites for hydroxylation is 2. The minimum Gasteiger partial charge on any atom is -0.496 e. The van der Waals surface area contributed by atoms with Crippen LogP contribution in [0.2, 0.25) is 5.02 Å². The molecule has 136 valence electrons. The summed E-state index contributed by atoms with van der Waals surface area (Å²) in [7, 11) is 1.66. The molecule has 27 heavy (non-hydrogen) atoms. The average Bonchev–Trinajstić information content (AvgIpc) is 3.08. The number of hydrogen-bond acceptors (Lipinski definition) is 4. The van der Waals surface area contributed by atoms with Crippen LogP contribution < -0.4 is 10.1 Å². The quantitative estimate of drug-likeness (QED) is 0.515. The molecule has 6 heteroatoms. The molecule has 0 atom stereocenters. The molecule has 0 bridgehead atoms. The average molecular weight is 379 g/mol. The molecule has 0 amide bonds. The van der Waals surface area contributed by atoms with Crippen molar-refractivity contribution < 1.29 is 4.74 Å². The van der Waals surface area contributed by atoms with E-state index in [0.29, 0.717) is 0 Å². The summed E-state index contributed by atoms with van der Waals surface area (Å²) in [6.07, 6.45) is 0. The maximum atomic E-state index is 6.26. The van der Waals surface area contributed by atoms with E-state index in [-0.39, 0.29) is 0 Å². The van der Waals surface area contributed by atoms with E-state index in [2.05, 4.69) is 10.3 Å². The van der Waals surface area contributed by atoms with Crippen LogP contribution in [-0.2, 0) is 0 Å². The Kier molecular flexibility index (Phi) is 4.46. The SMILES string of the molecule is COc1ccccc1-c1cc2nc(C)cc(Nc3ccc(C)c(Cl)c3)n2n1. The van der Waals surface area contributed by atoms with Crippen molar-refractivity contribution in [2.75, 3.05) is 12.4 Å². The van der Waals surface area contributed by atoms with Gasteiger partial charge in [0.15, 0.2) is 5.65 Å². The number of rotatable bonds is 4. The largest absolute Gasteiger partial charge is 0.496 e. The highest BCUT2D eigenvalue weighted by molar-refractivity contribution is 6.31. The lowest BCUT2D eigenvalue weighted by molar-refractivity contribution is 0.416. The first-order valence-corrected chi connectivity index (χ1v) is 8.97. The van der Waals surface area contributed by atoms with E-state index in [1.54, 1.807) is 11.6 Å². The summed E-state index contributed by atoms with van der Waals surface area (Å²) >= 11 is 6.26. The molecule has 0 unspecified atom stereocenters. The fraction of sp³-hybridized carbons (Fsp3) is 0.143. The smallest absolute Gasteiger partial charge is 0.158 e. The molecule has 0 aliphatic rings. The van der Waals surface area contributed by atoms with Gasteiger partial charge in [0.2, 0.25) is 0 Å². The van der Waals surface area contributed by atoms with Crippen LogP contribution >= 0.6 is 11.6 Å². The second kappa shape index (κ2) is 6.93. The lowest BCUT2D eigenvalue weighted by Gasteiger charge is -2.10. The third-order valence-electron chi connectivity index (χ3n) is 4.38. The zero-order valence-electron chi connectivity index (χ0n) is 15.3. The third kappa shape index (κ3) is 3.34. The van der Waals surface area contributed by atoms with E-state index in [1.165, 1.54) is 0 Å². The van der Waals surface area contributed by atoms with E-state index in [4.69, 9.17) is 21.4 Å². The molecular formula is C21H19ClN4O. The number of fused-ring (bicyclic) bond motifs is 1. The lowest BCUT2D eigenvalue weighted by Crippen LogP contribution is -2.02. The number of hydrogen-bond donors (Lipinski definition) is 1. The van der Waals surface area contributed by atoms with Crippen LogP contribution in [0.1, 0.15) is 11.3 Å². The number of halogens is 1. The maximum Gasteiger partial charge on any atom is 0.158 e. The second-order valence-corrected chi connectivity index (χ2v) is 6.78. The first-order chi connectivity index (χ1) is 13.0. The van der Waals surface area contributed by atoms with Crippen LogP contribution in [-0.4, -0.2) is 21.7 Å². The van der Waals surface area contributed by atoms with E-state index in [9.17, 15) is 0 Å². The van der Waals surface area contributed by atoms with Crippen LogP contribution in [0.4, 0.5) is 11.5 Å². The first-order valence-electron chi connectivity index (χ1n) is 8.59. The fourth-order valence-corrected chi connectivity index (χ4v) is 3.18.